The lowest BCUT2D eigenvalue weighted by Gasteiger charge is -2.13. The monoisotopic (exact) mass is 319 g/mol. The van der Waals surface area contributed by atoms with Crippen molar-refractivity contribution >= 4 is 12.2 Å². The molecule has 24 heavy (non-hydrogen) atoms. The summed E-state index contributed by atoms with van der Waals surface area (Å²) < 4.78 is 7.62. The minimum atomic E-state index is 0.0278. The van der Waals surface area contributed by atoms with E-state index >= 15 is 0 Å². The van der Waals surface area contributed by atoms with Crippen molar-refractivity contribution in [1.29, 1.82) is 0 Å². The lowest BCUT2D eigenvalue weighted by atomic mass is 10.0. The zero-order chi connectivity index (χ0) is 17.1. The Morgan fingerprint density at radius 1 is 1.00 bits per heavy atom. The Labute approximate surface area is 142 Å². The molecule has 1 aliphatic carbocycles. The molecule has 1 aromatic rings. The van der Waals surface area contributed by atoms with Gasteiger partial charge in [-0.3, -0.25) is 4.79 Å². The number of ether oxygens (including phenoxy) is 1. The van der Waals surface area contributed by atoms with Crippen LogP contribution in [-0.2, 0) is 7.05 Å². The third kappa shape index (κ3) is 3.57. The van der Waals surface area contributed by atoms with E-state index in [1.165, 1.54) is 0 Å². The van der Waals surface area contributed by atoms with Crippen LogP contribution in [0.5, 0.6) is 5.75 Å². The fraction of sp³-hybridized carbons (Fsp3) is 0.190. The summed E-state index contributed by atoms with van der Waals surface area (Å²) in [6.07, 6.45) is 6.29. The molecule has 3 heteroatoms. The Kier molecular flexibility index (Phi) is 4.52. The normalized spacial score (nSPS) is 11.5. The predicted molar refractivity (Wildman–Crippen MR) is 99.4 cm³/mol. The molecule has 3 rings (SSSR count). The van der Waals surface area contributed by atoms with Crippen LogP contribution in [0.4, 0.5) is 0 Å². The topological polar surface area (TPSA) is 31.2 Å². The summed E-state index contributed by atoms with van der Waals surface area (Å²) in [5.74, 6) is 0.877. The van der Waals surface area contributed by atoms with Crippen LogP contribution in [0, 0.1) is 0 Å². The molecule has 0 atom stereocenters. The number of hydrogen-bond donors (Lipinski definition) is 0. The largest absolute Gasteiger partial charge is 0.491 e. The first-order valence-corrected chi connectivity index (χ1v) is 8.07. The van der Waals surface area contributed by atoms with Crippen LogP contribution in [-0.4, -0.2) is 10.7 Å². The second-order valence-electron chi connectivity index (χ2n) is 6.13. The first-order valence-electron chi connectivity index (χ1n) is 8.07. The average Bonchev–Trinajstić information content (AvgIpc) is 2.55. The van der Waals surface area contributed by atoms with Crippen LogP contribution in [0.1, 0.15) is 25.0 Å². The molecule has 0 N–H and O–H groups in total. The zero-order valence-corrected chi connectivity index (χ0v) is 14.2. The molecule has 0 unspecified atom stereocenters. The van der Waals surface area contributed by atoms with E-state index in [0.29, 0.717) is 0 Å². The summed E-state index contributed by atoms with van der Waals surface area (Å²) in [5.41, 5.74) is 4.22. The summed E-state index contributed by atoms with van der Waals surface area (Å²) >= 11 is 0. The van der Waals surface area contributed by atoms with Gasteiger partial charge in [0.1, 0.15) is 5.75 Å². The molecule has 0 aromatic heterocycles. The molecule has 0 radical (unpaired) electrons. The third-order valence-corrected chi connectivity index (χ3v) is 3.85. The van der Waals surface area contributed by atoms with Gasteiger partial charge in [-0.2, -0.15) is 0 Å². The molecule has 0 spiro atoms. The molecule has 0 saturated heterocycles. The van der Waals surface area contributed by atoms with Gasteiger partial charge in [-0.25, -0.2) is 0 Å². The van der Waals surface area contributed by atoms with Crippen molar-refractivity contribution in [2.45, 2.75) is 20.0 Å². The summed E-state index contributed by atoms with van der Waals surface area (Å²) in [4.78, 5) is 11.6. The number of rotatable bonds is 4. The number of pyridine rings is 1. The van der Waals surface area contributed by atoms with Gasteiger partial charge in [-0.05, 0) is 55.3 Å². The van der Waals surface area contributed by atoms with Gasteiger partial charge >= 0.3 is 0 Å². The Morgan fingerprint density at radius 2 is 1.75 bits per heavy atom. The number of hydrogen-bond acceptors (Lipinski definition) is 2. The quantitative estimate of drug-likeness (QED) is 0.711. The van der Waals surface area contributed by atoms with E-state index in [-0.39, 0.29) is 11.5 Å². The Bertz CT molecular complexity index is 889. The van der Waals surface area contributed by atoms with E-state index < -0.39 is 0 Å². The minimum absolute atomic E-state index is 0.0278. The van der Waals surface area contributed by atoms with Gasteiger partial charge in [-0.1, -0.05) is 24.3 Å². The maximum absolute atomic E-state index is 11.6. The molecule has 1 aromatic carbocycles. The van der Waals surface area contributed by atoms with Crippen LogP contribution in [0.25, 0.3) is 23.4 Å². The Balaban J connectivity index is 1.88. The van der Waals surface area contributed by atoms with E-state index in [4.69, 9.17) is 4.74 Å². The maximum atomic E-state index is 11.6. The van der Waals surface area contributed by atoms with Gasteiger partial charge in [0.05, 0.1) is 11.8 Å². The number of nitrogens with zero attached hydrogens (tertiary/aromatic N) is 1. The minimum Gasteiger partial charge on any atom is -0.491 e. The number of aryl methyl sites for hydroxylation is 1. The second kappa shape index (κ2) is 6.75. The Hall–Kier alpha value is -2.81. The summed E-state index contributed by atoms with van der Waals surface area (Å²) in [6, 6.07) is 15.3. The van der Waals surface area contributed by atoms with Gasteiger partial charge in [0, 0.05) is 24.9 Å². The lowest BCUT2D eigenvalue weighted by Crippen LogP contribution is -2.05. The van der Waals surface area contributed by atoms with Gasteiger partial charge in [0.2, 0.25) is 0 Å². The first-order chi connectivity index (χ1) is 11.5. The fourth-order valence-corrected chi connectivity index (χ4v) is 2.67. The highest BCUT2D eigenvalue weighted by Gasteiger charge is 2.08. The highest BCUT2D eigenvalue weighted by molar-refractivity contribution is 5.80. The molecular formula is C21H21NO2. The summed E-state index contributed by atoms with van der Waals surface area (Å²) in [5, 5.41) is 0. The SMILES string of the molecule is CC(C)Oc1ccc(/C=C/c2ccn(C)c3cc(=O)ccc2-3)cc1. The first kappa shape index (κ1) is 16.1. The van der Waals surface area contributed by atoms with Crippen molar-refractivity contribution in [3.05, 3.63) is 76.1 Å². The average molecular weight is 319 g/mol. The van der Waals surface area contributed by atoms with Gasteiger partial charge in [0.25, 0.3) is 0 Å². The molecule has 3 nitrogen and oxygen atoms in total. The van der Waals surface area contributed by atoms with E-state index in [9.17, 15) is 4.79 Å². The highest BCUT2D eigenvalue weighted by atomic mass is 16.5. The van der Waals surface area contributed by atoms with Crippen molar-refractivity contribution in [1.82, 2.24) is 4.57 Å². The molecule has 122 valence electrons. The van der Waals surface area contributed by atoms with E-state index in [1.54, 1.807) is 12.1 Å². The van der Waals surface area contributed by atoms with E-state index in [0.717, 1.165) is 28.1 Å². The molecule has 0 fully saturated rings. The van der Waals surface area contributed by atoms with Crippen molar-refractivity contribution in [2.24, 2.45) is 7.05 Å². The molecule has 0 amide bonds. The zero-order valence-electron chi connectivity index (χ0n) is 14.2. The molecule has 1 heterocycles. The van der Waals surface area contributed by atoms with Crippen molar-refractivity contribution < 1.29 is 4.74 Å². The van der Waals surface area contributed by atoms with Crippen LogP contribution in [0.2, 0.25) is 0 Å². The van der Waals surface area contributed by atoms with Crippen molar-refractivity contribution in [3.63, 3.8) is 0 Å². The van der Waals surface area contributed by atoms with Crippen molar-refractivity contribution in [3.8, 4) is 17.0 Å². The van der Waals surface area contributed by atoms with Crippen LogP contribution in [0.15, 0.2) is 59.5 Å². The highest BCUT2D eigenvalue weighted by Crippen LogP contribution is 2.25. The fourth-order valence-electron chi connectivity index (χ4n) is 2.67. The molecule has 0 saturated carbocycles. The predicted octanol–water partition coefficient (Wildman–Crippen LogP) is 4.45. The van der Waals surface area contributed by atoms with Crippen molar-refractivity contribution in [2.75, 3.05) is 0 Å². The van der Waals surface area contributed by atoms with Gasteiger partial charge in [-0.15, -0.1) is 0 Å². The number of benzene rings is 2. The molecule has 2 aliphatic rings. The molecule has 1 aliphatic heterocycles. The number of aromatic nitrogens is 1. The summed E-state index contributed by atoms with van der Waals surface area (Å²) in [6.45, 7) is 4.03. The molecular weight excluding hydrogens is 298 g/mol. The van der Waals surface area contributed by atoms with Crippen LogP contribution >= 0.6 is 0 Å². The Morgan fingerprint density at radius 3 is 2.46 bits per heavy atom. The van der Waals surface area contributed by atoms with Crippen LogP contribution in [0.3, 0.4) is 0 Å². The van der Waals surface area contributed by atoms with Crippen LogP contribution < -0.4 is 10.2 Å². The van der Waals surface area contributed by atoms with Gasteiger partial charge < -0.3 is 9.30 Å². The van der Waals surface area contributed by atoms with E-state index in [1.807, 2.05) is 62.0 Å². The third-order valence-electron chi connectivity index (χ3n) is 3.85. The standard InChI is InChI=1S/C21H21NO2/c1-15(2)24-19-9-5-16(6-10-19)4-7-17-12-13-22(3)21-14-18(23)8-11-20(17)21/h4-15H,1-3H3/b7-4+. The van der Waals surface area contributed by atoms with E-state index in [2.05, 4.69) is 18.2 Å². The number of fused-ring (bicyclic) bond motifs is 1. The lowest BCUT2D eigenvalue weighted by molar-refractivity contribution is 0.242. The summed E-state index contributed by atoms with van der Waals surface area (Å²) in [7, 11) is 1.95. The second-order valence-corrected chi connectivity index (χ2v) is 6.13. The smallest absolute Gasteiger partial charge is 0.180 e. The molecule has 0 bridgehead atoms. The maximum Gasteiger partial charge on any atom is 0.180 e. The van der Waals surface area contributed by atoms with Gasteiger partial charge in [0.15, 0.2) is 5.43 Å².